The molecule has 2 aromatic rings. The summed E-state index contributed by atoms with van der Waals surface area (Å²) in [5.41, 5.74) is 0.660. The van der Waals surface area contributed by atoms with Crippen molar-refractivity contribution in [3.8, 4) is 0 Å². The standard InChI is InChI=1S/C17H21N5O/c23-17(13-4-7-16(18-11-13)20-14-5-6-14)21-9-1-3-15(12-21)22-10-2-8-19-22/h2,4,7-8,10-11,14-15H,1,3,5-6,9,12H2,(H,18,20)/t15-/m0/s1. The van der Waals surface area contributed by atoms with E-state index >= 15 is 0 Å². The van der Waals surface area contributed by atoms with Gasteiger partial charge in [-0.05, 0) is 43.9 Å². The molecular formula is C17H21N5O. The second-order valence-electron chi connectivity index (χ2n) is 6.38. The summed E-state index contributed by atoms with van der Waals surface area (Å²) in [6.45, 7) is 1.52. The van der Waals surface area contributed by atoms with Gasteiger partial charge < -0.3 is 10.2 Å². The Morgan fingerprint density at radius 2 is 2.17 bits per heavy atom. The van der Waals surface area contributed by atoms with Crippen molar-refractivity contribution in [2.24, 2.45) is 0 Å². The summed E-state index contributed by atoms with van der Waals surface area (Å²) in [5.74, 6) is 0.921. The van der Waals surface area contributed by atoms with Crippen LogP contribution in [0.5, 0.6) is 0 Å². The number of nitrogens with one attached hydrogen (secondary N) is 1. The fourth-order valence-corrected chi connectivity index (χ4v) is 3.08. The third-order valence-electron chi connectivity index (χ3n) is 4.52. The van der Waals surface area contributed by atoms with Crippen molar-refractivity contribution in [3.05, 3.63) is 42.4 Å². The Morgan fingerprint density at radius 3 is 2.87 bits per heavy atom. The number of hydrogen-bond donors (Lipinski definition) is 1. The molecule has 2 aliphatic rings. The number of aromatic nitrogens is 3. The summed E-state index contributed by atoms with van der Waals surface area (Å²) in [7, 11) is 0. The average molecular weight is 311 g/mol. The van der Waals surface area contributed by atoms with Crippen LogP contribution < -0.4 is 5.32 Å². The first-order chi connectivity index (χ1) is 11.3. The van der Waals surface area contributed by atoms with Gasteiger partial charge in [0.2, 0.25) is 0 Å². The third-order valence-corrected chi connectivity index (χ3v) is 4.52. The van der Waals surface area contributed by atoms with Crippen molar-refractivity contribution in [2.75, 3.05) is 18.4 Å². The lowest BCUT2D eigenvalue weighted by atomic mass is 10.0. The Labute approximate surface area is 135 Å². The van der Waals surface area contributed by atoms with Gasteiger partial charge in [-0.15, -0.1) is 0 Å². The van der Waals surface area contributed by atoms with E-state index in [0.717, 1.165) is 25.2 Å². The number of carbonyl (C=O) groups is 1. The van der Waals surface area contributed by atoms with Crippen molar-refractivity contribution >= 4 is 11.7 Å². The summed E-state index contributed by atoms with van der Waals surface area (Å²) < 4.78 is 1.96. The zero-order valence-corrected chi connectivity index (χ0v) is 13.1. The van der Waals surface area contributed by atoms with Crippen LogP contribution in [-0.4, -0.2) is 44.7 Å². The van der Waals surface area contributed by atoms with Gasteiger partial charge in [-0.3, -0.25) is 9.48 Å². The molecule has 23 heavy (non-hydrogen) atoms. The molecule has 1 aliphatic carbocycles. The van der Waals surface area contributed by atoms with Crippen LogP contribution in [0.3, 0.4) is 0 Å². The molecule has 4 rings (SSSR count). The van der Waals surface area contributed by atoms with Crippen LogP contribution in [0.25, 0.3) is 0 Å². The Balaban J connectivity index is 1.43. The van der Waals surface area contributed by atoms with E-state index < -0.39 is 0 Å². The van der Waals surface area contributed by atoms with Gasteiger partial charge in [-0.1, -0.05) is 0 Å². The number of hydrogen-bond acceptors (Lipinski definition) is 4. The number of pyridine rings is 1. The first-order valence-electron chi connectivity index (χ1n) is 8.30. The number of piperidine rings is 1. The van der Waals surface area contributed by atoms with E-state index in [1.54, 1.807) is 12.4 Å². The highest BCUT2D eigenvalue weighted by Gasteiger charge is 2.26. The van der Waals surface area contributed by atoms with Crippen LogP contribution in [-0.2, 0) is 0 Å². The maximum Gasteiger partial charge on any atom is 0.255 e. The molecule has 1 atom stereocenters. The second kappa shape index (κ2) is 6.02. The Morgan fingerprint density at radius 1 is 1.26 bits per heavy atom. The minimum Gasteiger partial charge on any atom is -0.367 e. The predicted molar refractivity (Wildman–Crippen MR) is 87.3 cm³/mol. The maximum atomic E-state index is 12.7. The van der Waals surface area contributed by atoms with Gasteiger partial charge in [0, 0.05) is 37.7 Å². The number of carbonyl (C=O) groups excluding carboxylic acids is 1. The van der Waals surface area contributed by atoms with Crippen molar-refractivity contribution in [1.82, 2.24) is 19.7 Å². The molecule has 1 saturated heterocycles. The highest BCUT2D eigenvalue weighted by molar-refractivity contribution is 5.94. The molecule has 0 bridgehead atoms. The number of likely N-dealkylation sites (tertiary alicyclic amines) is 1. The van der Waals surface area contributed by atoms with Crippen molar-refractivity contribution in [1.29, 1.82) is 0 Å². The van der Waals surface area contributed by atoms with E-state index in [9.17, 15) is 4.79 Å². The van der Waals surface area contributed by atoms with Crippen LogP contribution in [0.15, 0.2) is 36.8 Å². The molecular weight excluding hydrogens is 290 g/mol. The molecule has 1 N–H and O–H groups in total. The normalized spacial score (nSPS) is 21.2. The van der Waals surface area contributed by atoms with Crippen LogP contribution in [0.1, 0.15) is 42.1 Å². The van der Waals surface area contributed by atoms with Gasteiger partial charge in [0.05, 0.1) is 11.6 Å². The van der Waals surface area contributed by atoms with Gasteiger partial charge in [-0.25, -0.2) is 4.98 Å². The molecule has 0 radical (unpaired) electrons. The quantitative estimate of drug-likeness (QED) is 0.941. The number of nitrogens with zero attached hydrogens (tertiary/aromatic N) is 4. The summed E-state index contributed by atoms with van der Waals surface area (Å²) in [6, 6.07) is 6.54. The summed E-state index contributed by atoms with van der Waals surface area (Å²) >= 11 is 0. The van der Waals surface area contributed by atoms with Gasteiger partial charge in [0.15, 0.2) is 0 Å². The fraction of sp³-hybridized carbons (Fsp3) is 0.471. The minimum atomic E-state index is 0.0623. The van der Waals surface area contributed by atoms with Crippen LogP contribution in [0.2, 0.25) is 0 Å². The molecule has 6 nitrogen and oxygen atoms in total. The highest BCUT2D eigenvalue weighted by atomic mass is 16.2. The zero-order chi connectivity index (χ0) is 15.6. The molecule has 1 amide bonds. The zero-order valence-electron chi connectivity index (χ0n) is 13.1. The first-order valence-corrected chi connectivity index (χ1v) is 8.30. The predicted octanol–water partition coefficient (Wildman–Crippen LogP) is 2.33. The molecule has 0 spiro atoms. The summed E-state index contributed by atoms with van der Waals surface area (Å²) in [6.07, 6.45) is 9.94. The fourth-order valence-electron chi connectivity index (χ4n) is 3.08. The maximum absolute atomic E-state index is 12.7. The molecule has 6 heteroatoms. The van der Waals surface area contributed by atoms with E-state index in [4.69, 9.17) is 0 Å². The lowest BCUT2D eigenvalue weighted by Gasteiger charge is -2.32. The summed E-state index contributed by atoms with van der Waals surface area (Å²) in [5, 5.41) is 7.65. The third kappa shape index (κ3) is 3.21. The van der Waals surface area contributed by atoms with Crippen LogP contribution in [0.4, 0.5) is 5.82 Å². The van der Waals surface area contributed by atoms with E-state index in [1.165, 1.54) is 12.8 Å². The topological polar surface area (TPSA) is 63.1 Å². The van der Waals surface area contributed by atoms with Crippen LogP contribution in [0, 0.1) is 0 Å². The first kappa shape index (κ1) is 14.2. The van der Waals surface area contributed by atoms with Crippen LogP contribution >= 0.6 is 0 Å². The van der Waals surface area contributed by atoms with Gasteiger partial charge in [-0.2, -0.15) is 5.10 Å². The SMILES string of the molecule is O=C(c1ccc(NC2CC2)nc1)N1CCC[C@H](n2cccn2)C1. The smallest absolute Gasteiger partial charge is 0.255 e. The summed E-state index contributed by atoms with van der Waals surface area (Å²) in [4.78, 5) is 19.0. The second-order valence-corrected chi connectivity index (χ2v) is 6.38. The van der Waals surface area contributed by atoms with E-state index in [2.05, 4.69) is 15.4 Å². The molecule has 0 unspecified atom stereocenters. The molecule has 0 aromatic carbocycles. The highest BCUT2D eigenvalue weighted by Crippen LogP contribution is 2.24. The van der Waals surface area contributed by atoms with Crippen molar-refractivity contribution in [3.63, 3.8) is 0 Å². The number of rotatable bonds is 4. The molecule has 120 valence electrons. The lowest BCUT2D eigenvalue weighted by molar-refractivity contribution is 0.0672. The molecule has 1 saturated carbocycles. The molecule has 3 heterocycles. The van der Waals surface area contributed by atoms with E-state index in [0.29, 0.717) is 18.2 Å². The van der Waals surface area contributed by atoms with Gasteiger partial charge in [0.1, 0.15) is 5.82 Å². The van der Waals surface area contributed by atoms with Gasteiger partial charge in [0.25, 0.3) is 5.91 Å². The monoisotopic (exact) mass is 311 g/mol. The van der Waals surface area contributed by atoms with Crippen molar-refractivity contribution < 1.29 is 4.79 Å². The average Bonchev–Trinajstić information content (AvgIpc) is 3.24. The number of anilines is 1. The Hall–Kier alpha value is -2.37. The molecule has 1 aliphatic heterocycles. The molecule has 2 aromatic heterocycles. The lowest BCUT2D eigenvalue weighted by Crippen LogP contribution is -2.40. The Bertz CT molecular complexity index is 663. The largest absolute Gasteiger partial charge is 0.367 e. The van der Waals surface area contributed by atoms with E-state index in [1.807, 2.05) is 34.0 Å². The van der Waals surface area contributed by atoms with Crippen molar-refractivity contribution in [2.45, 2.75) is 37.8 Å². The number of amides is 1. The Kier molecular flexibility index (Phi) is 3.73. The minimum absolute atomic E-state index is 0.0623. The van der Waals surface area contributed by atoms with Gasteiger partial charge >= 0.3 is 0 Å². The van der Waals surface area contributed by atoms with E-state index in [-0.39, 0.29) is 11.9 Å². The molecule has 2 fully saturated rings.